The number of halogens is 1. The van der Waals surface area contributed by atoms with E-state index < -0.39 is 0 Å². The van der Waals surface area contributed by atoms with E-state index in [4.69, 9.17) is 17.0 Å². The molecule has 1 aromatic carbocycles. The summed E-state index contributed by atoms with van der Waals surface area (Å²) >= 11 is 8.22. The number of aromatic amines is 1. The average molecular weight is 518 g/mol. The van der Waals surface area contributed by atoms with Crippen LogP contribution in [-0.2, 0) is 6.54 Å². The maximum absolute atomic E-state index is 5.79. The number of nitrogens with zero attached hydrogens (tertiary/aromatic N) is 2. The van der Waals surface area contributed by atoms with Crippen LogP contribution in [0.2, 0.25) is 0 Å². The van der Waals surface area contributed by atoms with Crippen LogP contribution in [0.4, 0.5) is 0 Å². The van der Waals surface area contributed by atoms with Crippen molar-refractivity contribution >= 4 is 39.9 Å². The summed E-state index contributed by atoms with van der Waals surface area (Å²) in [7, 11) is 1.68. The number of ether oxygens (including phenoxy) is 1. The quantitative estimate of drug-likeness (QED) is 0.375. The van der Waals surface area contributed by atoms with Crippen LogP contribution in [0.15, 0.2) is 48.7 Å². The predicted octanol–water partition coefficient (Wildman–Crippen LogP) is 4.81. The molecule has 4 rings (SSSR count). The lowest BCUT2D eigenvalue weighted by Gasteiger charge is -2.28. The number of H-pyrrole nitrogens is 1. The number of hydrogen-bond acceptors (Lipinski definition) is 3. The van der Waals surface area contributed by atoms with E-state index in [2.05, 4.69) is 74.8 Å². The topological polar surface area (TPSA) is 53.2 Å². The normalized spacial score (nSPS) is 18.8. The van der Waals surface area contributed by atoms with E-state index in [1.165, 1.54) is 26.1 Å². The van der Waals surface area contributed by atoms with Crippen molar-refractivity contribution in [3.8, 4) is 5.75 Å². The Bertz CT molecular complexity index is 1020. The zero-order valence-electron chi connectivity index (χ0n) is 16.6. The second-order valence-corrected chi connectivity index (χ2v) is 8.67. The number of aromatic nitrogens is 2. The lowest BCUT2D eigenvalue weighted by molar-refractivity contribution is 0.309. The van der Waals surface area contributed by atoms with E-state index in [9.17, 15) is 0 Å². The highest BCUT2D eigenvalue weighted by Crippen LogP contribution is 2.43. The number of rotatable bonds is 5. The summed E-state index contributed by atoms with van der Waals surface area (Å²) in [5, 5.41) is 4.27. The smallest absolute Gasteiger partial charge is 0.170 e. The molecule has 2 atom stereocenters. The van der Waals surface area contributed by atoms with E-state index >= 15 is 0 Å². The van der Waals surface area contributed by atoms with Crippen LogP contribution < -0.4 is 10.1 Å². The van der Waals surface area contributed by atoms with E-state index in [0.29, 0.717) is 6.54 Å². The first-order valence-electron chi connectivity index (χ1n) is 9.45. The van der Waals surface area contributed by atoms with Crippen molar-refractivity contribution in [2.45, 2.75) is 32.5 Å². The van der Waals surface area contributed by atoms with Gasteiger partial charge in [-0.3, -0.25) is 4.98 Å². The van der Waals surface area contributed by atoms with Crippen molar-refractivity contribution in [3.05, 3.63) is 80.4 Å². The molecule has 2 N–H and O–H groups in total. The fraction of sp³-hybridized carbons (Fsp3) is 0.273. The summed E-state index contributed by atoms with van der Waals surface area (Å²) in [6, 6.07) is 14.2. The Morgan fingerprint density at radius 2 is 1.90 bits per heavy atom. The third-order valence-corrected chi connectivity index (χ3v) is 7.09. The molecule has 7 heteroatoms. The zero-order valence-corrected chi connectivity index (χ0v) is 19.5. The minimum Gasteiger partial charge on any atom is -0.497 e. The van der Waals surface area contributed by atoms with Gasteiger partial charge in [0.25, 0.3) is 0 Å². The van der Waals surface area contributed by atoms with Gasteiger partial charge in [-0.15, -0.1) is 0 Å². The molecule has 0 amide bonds. The molecule has 29 heavy (non-hydrogen) atoms. The fourth-order valence-electron chi connectivity index (χ4n) is 3.94. The molecule has 3 heterocycles. The van der Waals surface area contributed by atoms with Crippen molar-refractivity contribution in [1.29, 1.82) is 0 Å². The predicted molar refractivity (Wildman–Crippen MR) is 127 cm³/mol. The van der Waals surface area contributed by atoms with Crippen LogP contribution >= 0.6 is 34.8 Å². The second kappa shape index (κ2) is 8.31. The highest BCUT2D eigenvalue weighted by Gasteiger charge is 2.42. The average Bonchev–Trinajstić information content (AvgIpc) is 3.18. The summed E-state index contributed by atoms with van der Waals surface area (Å²) in [5.41, 5.74) is 5.80. The Labute approximate surface area is 190 Å². The Balaban J connectivity index is 1.76. The Morgan fingerprint density at radius 3 is 2.48 bits per heavy atom. The minimum atomic E-state index is -0.00985. The molecule has 0 bridgehead atoms. The molecule has 1 aliphatic rings. The van der Waals surface area contributed by atoms with Crippen LogP contribution in [0, 0.1) is 17.4 Å². The van der Waals surface area contributed by atoms with Gasteiger partial charge in [0.15, 0.2) is 5.11 Å². The van der Waals surface area contributed by atoms with Crippen LogP contribution in [-0.4, -0.2) is 27.1 Å². The number of aryl methyl sites for hydroxylation is 2. The van der Waals surface area contributed by atoms with Crippen LogP contribution in [0.1, 0.15) is 40.3 Å². The van der Waals surface area contributed by atoms with E-state index in [0.717, 1.165) is 16.6 Å². The molecular formula is C22H23IN4OS. The fourth-order valence-corrected chi connectivity index (χ4v) is 5.10. The van der Waals surface area contributed by atoms with Gasteiger partial charge >= 0.3 is 0 Å². The highest BCUT2D eigenvalue weighted by molar-refractivity contribution is 14.1. The lowest BCUT2D eigenvalue weighted by atomic mass is 9.96. The van der Waals surface area contributed by atoms with Gasteiger partial charge in [0.1, 0.15) is 5.75 Å². The van der Waals surface area contributed by atoms with Crippen LogP contribution in [0.5, 0.6) is 5.75 Å². The number of nitrogens with one attached hydrogen (secondary N) is 2. The van der Waals surface area contributed by atoms with E-state index in [-0.39, 0.29) is 12.1 Å². The highest BCUT2D eigenvalue weighted by atomic mass is 127. The molecule has 2 aromatic heterocycles. The maximum atomic E-state index is 5.79. The van der Waals surface area contributed by atoms with Gasteiger partial charge in [0, 0.05) is 33.3 Å². The number of benzene rings is 1. The first-order chi connectivity index (χ1) is 14.0. The van der Waals surface area contributed by atoms with Gasteiger partial charge in [0.05, 0.1) is 24.9 Å². The molecule has 1 saturated heterocycles. The van der Waals surface area contributed by atoms with Crippen LogP contribution in [0.25, 0.3) is 0 Å². The maximum Gasteiger partial charge on any atom is 0.170 e. The standard InChI is InChI=1S/C22H23IN4OS/c1-13-18(19(23)14(2)25-13)21-20(17-6-4-5-11-24-17)26-22(29)27(21)12-15-7-9-16(28-3)10-8-15/h4-11,20-21,25H,12H2,1-3H3,(H,26,29)/t20-,21+/m0/s1. The molecule has 0 radical (unpaired) electrons. The number of methoxy groups -OCH3 is 1. The number of pyridine rings is 1. The molecule has 150 valence electrons. The van der Waals surface area contributed by atoms with E-state index in [1.54, 1.807) is 7.11 Å². The van der Waals surface area contributed by atoms with Gasteiger partial charge in [0.2, 0.25) is 0 Å². The lowest BCUT2D eigenvalue weighted by Crippen LogP contribution is -2.29. The van der Waals surface area contributed by atoms with Crippen molar-refractivity contribution < 1.29 is 4.74 Å². The number of thiocarbonyl (C=S) groups is 1. The van der Waals surface area contributed by atoms with E-state index in [1.807, 2.05) is 30.5 Å². The monoisotopic (exact) mass is 518 g/mol. The zero-order chi connectivity index (χ0) is 20.5. The molecule has 0 unspecified atom stereocenters. The summed E-state index contributed by atoms with van der Waals surface area (Å²) in [6.45, 7) is 4.96. The summed E-state index contributed by atoms with van der Waals surface area (Å²) in [6.07, 6.45) is 1.84. The Hall–Kier alpha value is -2.13. The first kappa shape index (κ1) is 20.2. The van der Waals surface area contributed by atoms with Gasteiger partial charge in [-0.25, -0.2) is 0 Å². The van der Waals surface area contributed by atoms with Gasteiger partial charge < -0.3 is 19.9 Å². The van der Waals surface area contributed by atoms with Crippen molar-refractivity contribution in [1.82, 2.24) is 20.2 Å². The Kier molecular flexibility index (Phi) is 5.78. The third-order valence-electron chi connectivity index (χ3n) is 5.35. The van der Waals surface area contributed by atoms with Crippen molar-refractivity contribution in [3.63, 3.8) is 0 Å². The summed E-state index contributed by atoms with van der Waals surface area (Å²) in [5.74, 6) is 0.852. The third kappa shape index (κ3) is 3.85. The molecule has 1 aliphatic heterocycles. The van der Waals surface area contributed by atoms with Gasteiger partial charge in [-0.2, -0.15) is 0 Å². The molecule has 1 fully saturated rings. The number of hydrogen-bond donors (Lipinski definition) is 2. The largest absolute Gasteiger partial charge is 0.497 e. The molecular weight excluding hydrogens is 495 g/mol. The second-order valence-electron chi connectivity index (χ2n) is 7.21. The minimum absolute atomic E-state index is 0.00985. The van der Waals surface area contributed by atoms with Crippen molar-refractivity contribution in [2.75, 3.05) is 7.11 Å². The SMILES string of the molecule is COc1ccc(CN2C(=S)N[C@@H](c3ccccn3)[C@H]2c2c(C)[nH]c(C)c2I)cc1. The summed E-state index contributed by atoms with van der Waals surface area (Å²) < 4.78 is 6.54. The van der Waals surface area contributed by atoms with Crippen LogP contribution in [0.3, 0.4) is 0 Å². The molecule has 3 aromatic rings. The van der Waals surface area contributed by atoms with Crippen molar-refractivity contribution in [2.24, 2.45) is 0 Å². The van der Waals surface area contributed by atoms with Gasteiger partial charge in [-0.05, 0) is 78.5 Å². The summed E-state index contributed by atoms with van der Waals surface area (Å²) in [4.78, 5) is 10.4. The molecule has 0 spiro atoms. The molecule has 0 aliphatic carbocycles. The Morgan fingerprint density at radius 1 is 1.14 bits per heavy atom. The first-order valence-corrected chi connectivity index (χ1v) is 10.9. The van der Waals surface area contributed by atoms with Gasteiger partial charge in [-0.1, -0.05) is 18.2 Å². The molecule has 5 nitrogen and oxygen atoms in total. The molecule has 0 saturated carbocycles.